The van der Waals surface area contributed by atoms with E-state index in [-0.39, 0.29) is 11.5 Å². The molecule has 0 saturated carbocycles. The van der Waals surface area contributed by atoms with Gasteiger partial charge in [-0.05, 0) is 38.0 Å². The average Bonchev–Trinajstić information content (AvgIpc) is 3.01. The number of β-amino-alcohol motifs (C(OH)–C–C–N with tert-alkyl or cyclic N) is 1. The van der Waals surface area contributed by atoms with E-state index in [1.54, 1.807) is 4.90 Å². The van der Waals surface area contributed by atoms with Crippen LogP contribution in [-0.4, -0.2) is 46.6 Å². The predicted octanol–water partition coefficient (Wildman–Crippen LogP) is 0.709. The van der Waals surface area contributed by atoms with Gasteiger partial charge in [0.2, 0.25) is 0 Å². The first-order chi connectivity index (χ1) is 11.5. The molecule has 3 heterocycles. The van der Waals surface area contributed by atoms with Crippen LogP contribution in [0.1, 0.15) is 30.2 Å². The van der Waals surface area contributed by atoms with E-state index in [2.05, 4.69) is 10.3 Å². The van der Waals surface area contributed by atoms with E-state index >= 15 is 0 Å². The van der Waals surface area contributed by atoms with Crippen LogP contribution in [0.2, 0.25) is 0 Å². The van der Waals surface area contributed by atoms with Crippen LogP contribution >= 0.6 is 0 Å². The average molecular weight is 329 g/mol. The van der Waals surface area contributed by atoms with Gasteiger partial charge in [-0.2, -0.15) is 0 Å². The number of likely N-dealkylation sites (tertiary alicyclic amines) is 1. The molecule has 1 aromatic heterocycles. The highest BCUT2D eigenvalue weighted by molar-refractivity contribution is 5.95. The second kappa shape index (κ2) is 6.65. The summed E-state index contributed by atoms with van der Waals surface area (Å²) in [5, 5.41) is 12.8. The van der Waals surface area contributed by atoms with Crippen LogP contribution in [0, 0.1) is 6.92 Å². The van der Waals surface area contributed by atoms with Crippen LogP contribution in [0.25, 0.3) is 5.70 Å². The monoisotopic (exact) mass is 329 g/mol. The van der Waals surface area contributed by atoms with Crippen LogP contribution in [0.5, 0.6) is 0 Å². The normalized spacial score (nSPS) is 20.5. The molecule has 0 spiro atoms. The zero-order chi connectivity index (χ0) is 17.3. The van der Waals surface area contributed by atoms with Gasteiger partial charge in [0.15, 0.2) is 0 Å². The number of nitrogens with zero attached hydrogens (tertiary/aromatic N) is 1. The quantitative estimate of drug-likeness (QED) is 0.762. The Kier molecular flexibility index (Phi) is 4.57. The van der Waals surface area contributed by atoms with Gasteiger partial charge in [0.1, 0.15) is 0 Å². The molecule has 1 fully saturated rings. The fraction of sp³-hybridized carbons (Fsp3) is 0.444. The Hall–Kier alpha value is -2.34. The van der Waals surface area contributed by atoms with Crippen molar-refractivity contribution in [2.45, 2.75) is 32.8 Å². The Morgan fingerprint density at radius 2 is 2.21 bits per heavy atom. The van der Waals surface area contributed by atoms with Crippen molar-refractivity contribution in [3.63, 3.8) is 0 Å². The molecule has 3 N–H and O–H groups in total. The lowest BCUT2D eigenvalue weighted by Crippen LogP contribution is -2.35. The molecule has 0 aliphatic carbocycles. The number of aryl methyl sites for hydroxylation is 2. The number of amides is 1. The van der Waals surface area contributed by atoms with E-state index in [1.165, 1.54) is 0 Å². The number of aliphatic hydroxyl groups excluding tert-OH is 1. The standard InChI is InChI=1S/C18H23N3O3/c1-3-12-8-15(11(2)20-17(12)23)16-5-4-13(9-19-16)18(24)21-7-6-14(22)10-21/h4-5,8,14,19,22H,3,6-7,9-10H2,1-2H3,(H,20,23). The number of nitrogens with one attached hydrogen (secondary N) is 2. The van der Waals surface area contributed by atoms with Crippen molar-refractivity contribution < 1.29 is 9.90 Å². The van der Waals surface area contributed by atoms with E-state index in [1.807, 2.05) is 32.1 Å². The van der Waals surface area contributed by atoms with E-state index in [4.69, 9.17) is 0 Å². The van der Waals surface area contributed by atoms with Crippen molar-refractivity contribution in [1.82, 2.24) is 15.2 Å². The van der Waals surface area contributed by atoms with E-state index in [0.717, 1.165) is 22.5 Å². The number of aliphatic hydroxyl groups is 1. The van der Waals surface area contributed by atoms with Gasteiger partial charge in [0.25, 0.3) is 11.5 Å². The Labute approximate surface area is 140 Å². The number of carbonyl (C=O) groups excluding carboxylic acids is 1. The number of aromatic amines is 1. The van der Waals surface area contributed by atoms with Gasteiger partial charge in [-0.25, -0.2) is 0 Å². The number of carbonyl (C=O) groups is 1. The summed E-state index contributed by atoms with van der Waals surface area (Å²) in [7, 11) is 0. The summed E-state index contributed by atoms with van der Waals surface area (Å²) in [6.45, 7) is 5.28. The molecule has 1 amide bonds. The molecule has 1 aromatic rings. The fourth-order valence-corrected chi connectivity index (χ4v) is 3.16. The van der Waals surface area contributed by atoms with Crippen LogP contribution in [0.3, 0.4) is 0 Å². The molecule has 6 heteroatoms. The van der Waals surface area contributed by atoms with Crippen LogP contribution in [0.4, 0.5) is 0 Å². The smallest absolute Gasteiger partial charge is 0.251 e. The predicted molar refractivity (Wildman–Crippen MR) is 92.4 cm³/mol. The topological polar surface area (TPSA) is 85.4 Å². The number of H-pyrrole nitrogens is 1. The van der Waals surface area contributed by atoms with Gasteiger partial charge >= 0.3 is 0 Å². The summed E-state index contributed by atoms with van der Waals surface area (Å²) in [4.78, 5) is 28.8. The molecule has 24 heavy (non-hydrogen) atoms. The minimum absolute atomic E-state index is 0.0261. The van der Waals surface area contributed by atoms with Crippen molar-refractivity contribution >= 4 is 11.6 Å². The van der Waals surface area contributed by atoms with Crippen molar-refractivity contribution in [2.24, 2.45) is 0 Å². The van der Waals surface area contributed by atoms with Gasteiger partial charge < -0.3 is 20.3 Å². The Morgan fingerprint density at radius 3 is 2.79 bits per heavy atom. The van der Waals surface area contributed by atoms with Crippen molar-refractivity contribution in [2.75, 3.05) is 19.6 Å². The summed E-state index contributed by atoms with van der Waals surface area (Å²) in [6.07, 6.45) is 4.61. The number of dihydropyridines is 1. The Morgan fingerprint density at radius 1 is 1.42 bits per heavy atom. The second-order valence-electron chi connectivity index (χ2n) is 6.34. The highest BCUT2D eigenvalue weighted by Crippen LogP contribution is 2.20. The highest BCUT2D eigenvalue weighted by Gasteiger charge is 2.27. The van der Waals surface area contributed by atoms with E-state index < -0.39 is 6.10 Å². The lowest BCUT2D eigenvalue weighted by Gasteiger charge is -2.22. The molecule has 128 valence electrons. The largest absolute Gasteiger partial charge is 0.391 e. The molecule has 6 nitrogen and oxygen atoms in total. The lowest BCUT2D eigenvalue weighted by atomic mass is 10.0. The molecule has 2 aliphatic rings. The molecule has 2 aliphatic heterocycles. The summed E-state index contributed by atoms with van der Waals surface area (Å²) in [5.74, 6) is -0.0261. The van der Waals surface area contributed by atoms with Gasteiger partial charge in [-0.1, -0.05) is 6.92 Å². The summed E-state index contributed by atoms with van der Waals surface area (Å²) in [6, 6.07) is 1.91. The molecule has 1 atom stereocenters. The van der Waals surface area contributed by atoms with Crippen molar-refractivity contribution in [1.29, 1.82) is 0 Å². The number of aromatic nitrogens is 1. The molecule has 1 unspecified atom stereocenters. The Bertz CT molecular complexity index is 776. The third-order valence-electron chi connectivity index (χ3n) is 4.63. The fourth-order valence-electron chi connectivity index (χ4n) is 3.16. The number of hydrogen-bond acceptors (Lipinski definition) is 4. The zero-order valence-electron chi connectivity index (χ0n) is 14.1. The van der Waals surface area contributed by atoms with Gasteiger partial charge in [-0.15, -0.1) is 0 Å². The van der Waals surface area contributed by atoms with Crippen LogP contribution in [0.15, 0.2) is 28.6 Å². The SMILES string of the molecule is CCc1cc(C2=CC=C(C(=O)N3CCC(O)C3)CN2)c(C)[nH]c1=O. The molecule has 0 radical (unpaired) electrons. The maximum absolute atomic E-state index is 12.4. The highest BCUT2D eigenvalue weighted by atomic mass is 16.3. The number of allylic oxidation sites excluding steroid dienone is 2. The van der Waals surface area contributed by atoms with Gasteiger partial charge in [0, 0.05) is 47.7 Å². The molecule has 0 bridgehead atoms. The first-order valence-electron chi connectivity index (χ1n) is 8.34. The summed E-state index contributed by atoms with van der Waals surface area (Å²) < 4.78 is 0. The number of hydrogen-bond donors (Lipinski definition) is 3. The minimum Gasteiger partial charge on any atom is -0.391 e. The number of pyridine rings is 1. The molecule has 3 rings (SSSR count). The van der Waals surface area contributed by atoms with E-state index in [0.29, 0.717) is 38.0 Å². The molecular formula is C18H23N3O3. The van der Waals surface area contributed by atoms with Crippen LogP contribution < -0.4 is 10.9 Å². The summed E-state index contributed by atoms with van der Waals surface area (Å²) >= 11 is 0. The molecule has 1 saturated heterocycles. The van der Waals surface area contributed by atoms with Crippen LogP contribution in [-0.2, 0) is 11.2 Å². The maximum atomic E-state index is 12.4. The van der Waals surface area contributed by atoms with Gasteiger partial charge in [0.05, 0.1) is 6.10 Å². The second-order valence-corrected chi connectivity index (χ2v) is 6.34. The summed E-state index contributed by atoms with van der Waals surface area (Å²) in [5.41, 5.74) is 4.04. The Balaban J connectivity index is 1.83. The molecule has 0 aromatic carbocycles. The third kappa shape index (κ3) is 3.14. The minimum atomic E-state index is -0.409. The lowest BCUT2D eigenvalue weighted by molar-refractivity contribution is -0.126. The number of rotatable bonds is 3. The van der Waals surface area contributed by atoms with Crippen molar-refractivity contribution in [3.8, 4) is 0 Å². The van der Waals surface area contributed by atoms with Crippen molar-refractivity contribution in [3.05, 3.63) is 51.0 Å². The first-order valence-corrected chi connectivity index (χ1v) is 8.34. The molecular weight excluding hydrogens is 306 g/mol. The zero-order valence-corrected chi connectivity index (χ0v) is 14.1. The van der Waals surface area contributed by atoms with Gasteiger partial charge in [-0.3, -0.25) is 9.59 Å². The first kappa shape index (κ1) is 16.5. The van der Waals surface area contributed by atoms with E-state index in [9.17, 15) is 14.7 Å². The maximum Gasteiger partial charge on any atom is 0.251 e. The third-order valence-corrected chi connectivity index (χ3v) is 4.63.